The quantitative estimate of drug-likeness (QED) is 0.805. The number of piperidine rings is 1. The lowest BCUT2D eigenvalue weighted by Crippen LogP contribution is -2.36. The molecule has 3 N–H and O–H groups in total. The molecule has 0 unspecified atom stereocenters. The van der Waals surface area contributed by atoms with Crippen LogP contribution in [0.15, 0.2) is 18.3 Å². The molecule has 6 heteroatoms. The number of likely N-dealkylation sites (tertiary alicyclic amines) is 1. The second-order valence-electron chi connectivity index (χ2n) is 4.88. The zero-order chi connectivity index (χ0) is 14.4. The predicted octanol–water partition coefficient (Wildman–Crippen LogP) is 1.53. The maximum atomic E-state index is 12.0. The zero-order valence-corrected chi connectivity index (χ0v) is 12.3. The van der Waals surface area contributed by atoms with Crippen molar-refractivity contribution < 1.29 is 4.79 Å². The Morgan fingerprint density at radius 2 is 2.15 bits per heavy atom. The summed E-state index contributed by atoms with van der Waals surface area (Å²) in [6.07, 6.45) is 5.60. The van der Waals surface area contributed by atoms with Crippen molar-refractivity contribution >= 4 is 28.9 Å². The number of nitrogens with two attached hydrogens (primary N) is 1. The highest BCUT2D eigenvalue weighted by Gasteiger charge is 2.16. The maximum absolute atomic E-state index is 12.0. The Kier molecular flexibility index (Phi) is 5.29. The maximum Gasteiger partial charge on any atom is 0.224 e. The summed E-state index contributed by atoms with van der Waals surface area (Å²) in [7, 11) is 0. The lowest BCUT2D eigenvalue weighted by Gasteiger charge is -2.26. The van der Waals surface area contributed by atoms with E-state index in [0.29, 0.717) is 29.3 Å². The minimum absolute atomic E-state index is 0.199. The average Bonchev–Trinajstić information content (AvgIpc) is 2.48. The number of carbonyl (C=O) groups excluding carboxylic acids is 1. The van der Waals surface area contributed by atoms with Gasteiger partial charge in [-0.05, 0) is 31.4 Å². The molecule has 0 bridgehead atoms. The van der Waals surface area contributed by atoms with Crippen LogP contribution < -0.4 is 11.1 Å². The van der Waals surface area contributed by atoms with Gasteiger partial charge in [0.15, 0.2) is 0 Å². The molecule has 2 heterocycles. The van der Waals surface area contributed by atoms with Gasteiger partial charge in [-0.25, -0.2) is 4.98 Å². The van der Waals surface area contributed by atoms with Crippen molar-refractivity contribution in [1.82, 2.24) is 9.88 Å². The Labute approximate surface area is 124 Å². The molecule has 1 aromatic heterocycles. The Morgan fingerprint density at radius 1 is 1.40 bits per heavy atom. The molecule has 20 heavy (non-hydrogen) atoms. The number of thiocarbonyl (C=S) groups is 1. The number of nitrogens with one attached hydrogen (secondary N) is 1. The molecule has 1 aliphatic heterocycles. The molecule has 2 rings (SSSR count). The van der Waals surface area contributed by atoms with E-state index < -0.39 is 0 Å². The smallest absolute Gasteiger partial charge is 0.224 e. The molecular weight excluding hydrogens is 272 g/mol. The molecule has 1 saturated heterocycles. The summed E-state index contributed by atoms with van der Waals surface area (Å²) in [6.45, 7) is 2.32. The van der Waals surface area contributed by atoms with Gasteiger partial charge in [0, 0.05) is 32.3 Å². The summed E-state index contributed by atoms with van der Waals surface area (Å²) >= 11 is 4.98. The second-order valence-corrected chi connectivity index (χ2v) is 5.32. The number of nitrogens with zero attached hydrogens (tertiary/aromatic N) is 2. The molecule has 0 aromatic carbocycles. The van der Waals surface area contributed by atoms with Crippen LogP contribution in [0.3, 0.4) is 0 Å². The molecule has 0 aliphatic carbocycles. The van der Waals surface area contributed by atoms with E-state index in [9.17, 15) is 4.79 Å². The normalized spacial score (nSPS) is 14.9. The fraction of sp³-hybridized carbons (Fsp3) is 0.500. The monoisotopic (exact) mass is 292 g/mol. The van der Waals surface area contributed by atoms with Gasteiger partial charge >= 0.3 is 0 Å². The van der Waals surface area contributed by atoms with Crippen molar-refractivity contribution in [2.45, 2.75) is 25.7 Å². The van der Waals surface area contributed by atoms with Crippen LogP contribution in [0.25, 0.3) is 0 Å². The van der Waals surface area contributed by atoms with Gasteiger partial charge in [0.1, 0.15) is 10.8 Å². The Bertz CT molecular complexity index is 486. The molecule has 1 aromatic rings. The Balaban J connectivity index is 1.83. The topological polar surface area (TPSA) is 71.2 Å². The number of anilines is 1. The van der Waals surface area contributed by atoms with Crippen LogP contribution in [0, 0.1) is 0 Å². The molecule has 108 valence electrons. The second kappa shape index (κ2) is 7.19. The molecule has 0 radical (unpaired) electrons. The molecule has 0 spiro atoms. The first-order valence-corrected chi connectivity index (χ1v) is 7.36. The van der Waals surface area contributed by atoms with Crippen molar-refractivity contribution in [2.24, 2.45) is 5.73 Å². The van der Waals surface area contributed by atoms with Gasteiger partial charge < -0.3 is 16.0 Å². The first-order chi connectivity index (χ1) is 9.68. The van der Waals surface area contributed by atoms with Crippen LogP contribution in [-0.4, -0.2) is 40.4 Å². The minimum atomic E-state index is 0.199. The van der Waals surface area contributed by atoms with Crippen molar-refractivity contribution in [2.75, 3.05) is 25.0 Å². The lowest BCUT2D eigenvalue weighted by molar-refractivity contribution is -0.131. The highest BCUT2D eigenvalue weighted by atomic mass is 32.1. The Morgan fingerprint density at radius 3 is 2.85 bits per heavy atom. The first-order valence-electron chi connectivity index (χ1n) is 6.95. The predicted molar refractivity (Wildman–Crippen MR) is 83.7 cm³/mol. The number of carbonyl (C=O) groups is 1. The number of hydrogen-bond acceptors (Lipinski definition) is 4. The molecular formula is C14H20N4OS. The van der Waals surface area contributed by atoms with Crippen LogP contribution >= 0.6 is 12.2 Å². The first kappa shape index (κ1) is 14.7. The third kappa shape index (κ3) is 3.90. The molecule has 0 saturated carbocycles. The summed E-state index contributed by atoms with van der Waals surface area (Å²) in [5, 5.41) is 3.14. The van der Waals surface area contributed by atoms with E-state index in [0.717, 1.165) is 25.9 Å². The highest BCUT2D eigenvalue weighted by molar-refractivity contribution is 7.80. The molecule has 1 fully saturated rings. The van der Waals surface area contributed by atoms with Crippen molar-refractivity contribution in [3.8, 4) is 0 Å². The van der Waals surface area contributed by atoms with Gasteiger partial charge in [0.05, 0.1) is 5.56 Å². The summed E-state index contributed by atoms with van der Waals surface area (Å²) in [5.41, 5.74) is 6.35. The van der Waals surface area contributed by atoms with E-state index in [1.165, 1.54) is 6.42 Å². The largest absolute Gasteiger partial charge is 0.389 e. The van der Waals surface area contributed by atoms with E-state index in [1.807, 2.05) is 11.0 Å². The van der Waals surface area contributed by atoms with Gasteiger partial charge in [-0.15, -0.1) is 0 Å². The van der Waals surface area contributed by atoms with E-state index in [1.54, 1.807) is 12.3 Å². The van der Waals surface area contributed by atoms with Gasteiger partial charge in [0.2, 0.25) is 5.91 Å². The van der Waals surface area contributed by atoms with Crippen molar-refractivity contribution in [1.29, 1.82) is 0 Å². The van der Waals surface area contributed by atoms with Crippen LogP contribution in [0.2, 0.25) is 0 Å². The molecule has 0 atom stereocenters. The van der Waals surface area contributed by atoms with Gasteiger partial charge in [-0.1, -0.05) is 12.2 Å². The van der Waals surface area contributed by atoms with Crippen LogP contribution in [0.5, 0.6) is 0 Å². The number of pyridine rings is 1. The molecule has 1 aliphatic rings. The van der Waals surface area contributed by atoms with E-state index >= 15 is 0 Å². The average molecular weight is 292 g/mol. The fourth-order valence-corrected chi connectivity index (χ4v) is 2.50. The highest BCUT2D eigenvalue weighted by Crippen LogP contribution is 2.12. The SMILES string of the molecule is NC(=S)c1cccnc1NCCC(=O)N1CCCCC1. The van der Waals surface area contributed by atoms with Crippen LogP contribution in [0.4, 0.5) is 5.82 Å². The third-order valence-corrected chi connectivity index (χ3v) is 3.63. The van der Waals surface area contributed by atoms with E-state index in [4.69, 9.17) is 18.0 Å². The fourth-order valence-electron chi connectivity index (χ4n) is 2.33. The lowest BCUT2D eigenvalue weighted by atomic mass is 10.1. The zero-order valence-electron chi connectivity index (χ0n) is 11.5. The number of amides is 1. The number of rotatable bonds is 5. The van der Waals surface area contributed by atoms with Crippen molar-refractivity contribution in [3.05, 3.63) is 23.9 Å². The minimum Gasteiger partial charge on any atom is -0.389 e. The van der Waals surface area contributed by atoms with Crippen molar-refractivity contribution in [3.63, 3.8) is 0 Å². The summed E-state index contributed by atoms with van der Waals surface area (Å²) in [5.74, 6) is 0.844. The van der Waals surface area contributed by atoms with Gasteiger partial charge in [0.25, 0.3) is 0 Å². The van der Waals surface area contributed by atoms with E-state index in [2.05, 4.69) is 10.3 Å². The number of hydrogen-bond donors (Lipinski definition) is 2. The Hall–Kier alpha value is -1.69. The number of aromatic nitrogens is 1. The molecule has 1 amide bonds. The van der Waals surface area contributed by atoms with Crippen LogP contribution in [-0.2, 0) is 4.79 Å². The summed E-state index contributed by atoms with van der Waals surface area (Å²) in [6, 6.07) is 3.61. The third-order valence-electron chi connectivity index (χ3n) is 3.41. The molecule has 5 nitrogen and oxygen atoms in total. The summed E-state index contributed by atoms with van der Waals surface area (Å²) < 4.78 is 0. The summed E-state index contributed by atoms with van der Waals surface area (Å²) in [4.78, 5) is 18.5. The van der Waals surface area contributed by atoms with Gasteiger partial charge in [-0.2, -0.15) is 0 Å². The van der Waals surface area contributed by atoms with Crippen LogP contribution in [0.1, 0.15) is 31.2 Å². The standard InChI is InChI=1S/C14H20N4OS/c15-13(20)11-5-4-7-16-14(11)17-8-6-12(19)18-9-2-1-3-10-18/h4-5,7H,1-3,6,8-10H2,(H2,15,20)(H,16,17). The van der Waals surface area contributed by atoms with Gasteiger partial charge in [-0.3, -0.25) is 4.79 Å². The van der Waals surface area contributed by atoms with E-state index in [-0.39, 0.29) is 5.91 Å².